The molecule has 2 heterocycles. The second-order valence-corrected chi connectivity index (χ2v) is 11.2. The lowest BCUT2D eigenvalue weighted by molar-refractivity contribution is 1.32. The monoisotopic (exact) mass is 588 g/mol. The number of rotatable bonds is 8. The quantitative estimate of drug-likeness (QED) is 0.130. The van der Waals surface area contributed by atoms with E-state index >= 15 is 0 Å². The first-order chi connectivity index (χ1) is 22.8. The third-order valence-corrected chi connectivity index (χ3v) is 8.08. The molecule has 0 bridgehead atoms. The number of pyridine rings is 2. The molecule has 2 heteroatoms. The molecule has 7 rings (SSSR count). The van der Waals surface area contributed by atoms with E-state index in [2.05, 4.69) is 156 Å². The Hall–Kier alpha value is -6.12. The van der Waals surface area contributed by atoms with Gasteiger partial charge >= 0.3 is 0 Å². The second-order valence-electron chi connectivity index (χ2n) is 11.2. The van der Waals surface area contributed by atoms with Crippen LogP contribution in [-0.4, -0.2) is 9.97 Å². The molecule has 2 nitrogen and oxygen atoms in total. The smallest absolute Gasteiger partial charge is 0.0273 e. The van der Waals surface area contributed by atoms with Crippen LogP contribution in [0.2, 0.25) is 0 Å². The van der Waals surface area contributed by atoms with E-state index in [4.69, 9.17) is 0 Å². The van der Waals surface area contributed by atoms with Crippen LogP contribution in [-0.2, 0) is 0 Å². The number of hydrogen-bond acceptors (Lipinski definition) is 2. The molecule has 7 aromatic rings. The van der Waals surface area contributed by atoms with Crippen molar-refractivity contribution in [3.63, 3.8) is 0 Å². The summed E-state index contributed by atoms with van der Waals surface area (Å²) in [5.74, 6) is 0. The second kappa shape index (κ2) is 13.7. The largest absolute Gasteiger partial charge is 0.265 e. The van der Waals surface area contributed by atoms with Gasteiger partial charge in [0.05, 0.1) is 0 Å². The van der Waals surface area contributed by atoms with Crippen LogP contribution in [0.4, 0.5) is 0 Å². The lowest BCUT2D eigenvalue weighted by atomic mass is 9.88. The van der Waals surface area contributed by atoms with Crippen molar-refractivity contribution >= 4 is 70.2 Å². The lowest BCUT2D eigenvalue weighted by Gasteiger charge is -2.15. The van der Waals surface area contributed by atoms with Crippen molar-refractivity contribution in [1.82, 2.24) is 9.97 Å². The van der Waals surface area contributed by atoms with E-state index < -0.39 is 0 Å². The van der Waals surface area contributed by atoms with Crippen LogP contribution < -0.4 is 0 Å². The van der Waals surface area contributed by atoms with Gasteiger partial charge in [0.25, 0.3) is 0 Å². The van der Waals surface area contributed by atoms with E-state index in [1.807, 2.05) is 49.1 Å². The van der Waals surface area contributed by atoms with Gasteiger partial charge in [-0.15, -0.1) is 0 Å². The Labute approximate surface area is 270 Å². The molecule has 0 amide bonds. The average molecular weight is 589 g/mol. The molecular formula is C44H32N2. The summed E-state index contributed by atoms with van der Waals surface area (Å²) < 4.78 is 0. The van der Waals surface area contributed by atoms with Crippen LogP contribution in [0.5, 0.6) is 0 Å². The molecule has 2 aromatic heterocycles. The first-order valence-corrected chi connectivity index (χ1v) is 15.5. The Morgan fingerprint density at radius 2 is 0.630 bits per heavy atom. The van der Waals surface area contributed by atoms with Crippen LogP contribution >= 0.6 is 0 Å². The summed E-state index contributed by atoms with van der Waals surface area (Å²) in [6.07, 6.45) is 24.9. The summed E-state index contributed by atoms with van der Waals surface area (Å²) in [5.41, 5.74) is 9.28. The van der Waals surface area contributed by atoms with Crippen LogP contribution in [0.25, 0.3) is 70.2 Å². The number of nitrogens with zero attached hydrogens (tertiary/aromatic N) is 2. The van der Waals surface area contributed by atoms with E-state index in [0.29, 0.717) is 0 Å². The standard InChI is InChI=1S/C44H32N2/c1-3-7-33(8-4-1)15-19-39-41-21-17-38(14-12-36-25-29-46-30-26-36)32-44(41)40(20-16-34-9-5-2-6-10-34)42-22-18-37(31-43(39)42)13-11-35-23-27-45-28-24-35/h1-32H/b13-11+,14-12+,19-15+,20-16+. The van der Waals surface area contributed by atoms with Gasteiger partial charge in [0, 0.05) is 24.8 Å². The van der Waals surface area contributed by atoms with Gasteiger partial charge in [-0.1, -0.05) is 134 Å². The lowest BCUT2D eigenvalue weighted by Crippen LogP contribution is -1.91. The maximum atomic E-state index is 4.15. The Bertz CT molecular complexity index is 2050. The zero-order chi connectivity index (χ0) is 31.0. The molecule has 0 saturated heterocycles. The van der Waals surface area contributed by atoms with Crippen molar-refractivity contribution in [3.05, 3.63) is 191 Å². The van der Waals surface area contributed by atoms with Gasteiger partial charge in [-0.25, -0.2) is 0 Å². The highest BCUT2D eigenvalue weighted by molar-refractivity contribution is 6.15. The van der Waals surface area contributed by atoms with Crippen LogP contribution in [0.15, 0.2) is 146 Å². The highest BCUT2D eigenvalue weighted by Gasteiger charge is 2.12. The topological polar surface area (TPSA) is 25.8 Å². The number of aromatic nitrogens is 2. The fourth-order valence-corrected chi connectivity index (χ4v) is 5.72. The van der Waals surface area contributed by atoms with Gasteiger partial charge in [0.2, 0.25) is 0 Å². The maximum absolute atomic E-state index is 4.15. The molecule has 0 N–H and O–H groups in total. The molecule has 0 fully saturated rings. The average Bonchev–Trinajstić information content (AvgIpc) is 3.13. The molecule has 0 aliphatic rings. The molecule has 0 aliphatic carbocycles. The molecular weight excluding hydrogens is 556 g/mol. The van der Waals surface area contributed by atoms with E-state index in [-0.39, 0.29) is 0 Å². The van der Waals surface area contributed by atoms with E-state index in [9.17, 15) is 0 Å². The SMILES string of the molecule is C(=C\c1c2ccc(/C=C/c3ccncc3)cc2c(/C=C/c2ccccc2)c2ccc(/C=C/c3ccncc3)cc12)/c1ccccc1. The minimum absolute atomic E-state index is 1.12. The third-order valence-electron chi connectivity index (χ3n) is 8.08. The normalized spacial score (nSPS) is 12.0. The predicted molar refractivity (Wildman–Crippen MR) is 199 cm³/mol. The zero-order valence-corrected chi connectivity index (χ0v) is 25.4. The highest BCUT2D eigenvalue weighted by Crippen LogP contribution is 2.37. The Morgan fingerprint density at radius 3 is 1.04 bits per heavy atom. The third kappa shape index (κ3) is 6.67. The first kappa shape index (κ1) is 28.6. The van der Waals surface area contributed by atoms with E-state index in [1.54, 1.807) is 0 Å². The van der Waals surface area contributed by atoms with Crippen LogP contribution in [0.1, 0.15) is 44.5 Å². The minimum atomic E-state index is 1.12. The predicted octanol–water partition coefficient (Wildman–Crippen LogP) is 11.5. The number of benzene rings is 5. The fraction of sp³-hybridized carbons (Fsp3) is 0. The minimum Gasteiger partial charge on any atom is -0.265 e. The van der Waals surface area contributed by atoms with Gasteiger partial charge in [-0.05, 0) is 102 Å². The molecule has 0 radical (unpaired) electrons. The Kier molecular flexibility index (Phi) is 8.51. The number of hydrogen-bond donors (Lipinski definition) is 0. The first-order valence-electron chi connectivity index (χ1n) is 15.5. The molecule has 0 saturated carbocycles. The van der Waals surface area contributed by atoms with Gasteiger partial charge in [0.1, 0.15) is 0 Å². The summed E-state index contributed by atoms with van der Waals surface area (Å²) in [7, 11) is 0. The molecule has 0 atom stereocenters. The molecule has 0 aliphatic heterocycles. The summed E-state index contributed by atoms with van der Waals surface area (Å²) in [6.45, 7) is 0. The summed E-state index contributed by atoms with van der Waals surface area (Å²) in [4.78, 5) is 8.31. The summed E-state index contributed by atoms with van der Waals surface area (Å²) in [5, 5.41) is 4.85. The summed E-state index contributed by atoms with van der Waals surface area (Å²) in [6, 6.07) is 42.7. The van der Waals surface area contributed by atoms with Crippen molar-refractivity contribution < 1.29 is 0 Å². The van der Waals surface area contributed by atoms with Crippen molar-refractivity contribution in [3.8, 4) is 0 Å². The molecule has 218 valence electrons. The Morgan fingerprint density at radius 1 is 0.283 bits per heavy atom. The van der Waals surface area contributed by atoms with Crippen molar-refractivity contribution in [1.29, 1.82) is 0 Å². The molecule has 46 heavy (non-hydrogen) atoms. The maximum Gasteiger partial charge on any atom is 0.0273 e. The van der Waals surface area contributed by atoms with Crippen molar-refractivity contribution in [2.45, 2.75) is 0 Å². The van der Waals surface area contributed by atoms with Crippen LogP contribution in [0, 0.1) is 0 Å². The van der Waals surface area contributed by atoms with Gasteiger partial charge in [-0.3, -0.25) is 9.97 Å². The van der Waals surface area contributed by atoms with Crippen molar-refractivity contribution in [2.24, 2.45) is 0 Å². The van der Waals surface area contributed by atoms with Gasteiger partial charge < -0.3 is 0 Å². The fourth-order valence-electron chi connectivity index (χ4n) is 5.72. The summed E-state index contributed by atoms with van der Waals surface area (Å²) >= 11 is 0. The zero-order valence-electron chi connectivity index (χ0n) is 25.4. The van der Waals surface area contributed by atoms with Crippen LogP contribution in [0.3, 0.4) is 0 Å². The highest BCUT2D eigenvalue weighted by atomic mass is 14.6. The van der Waals surface area contributed by atoms with Gasteiger partial charge in [0.15, 0.2) is 0 Å². The Balaban J connectivity index is 1.45. The molecule has 0 spiro atoms. The molecule has 5 aromatic carbocycles. The molecule has 0 unspecified atom stereocenters. The van der Waals surface area contributed by atoms with E-state index in [0.717, 1.165) is 22.3 Å². The van der Waals surface area contributed by atoms with E-state index in [1.165, 1.54) is 43.8 Å². The number of fused-ring (bicyclic) bond motifs is 2. The van der Waals surface area contributed by atoms with Gasteiger partial charge in [-0.2, -0.15) is 0 Å². The van der Waals surface area contributed by atoms with Crippen molar-refractivity contribution in [2.75, 3.05) is 0 Å².